The van der Waals surface area contributed by atoms with Crippen LogP contribution in [0.4, 0.5) is 10.8 Å². The Kier molecular flexibility index (Phi) is 4.10. The number of anilines is 2. The number of aromatic nitrogens is 2. The van der Waals surface area contributed by atoms with Crippen LogP contribution in [0.2, 0.25) is 5.02 Å². The van der Waals surface area contributed by atoms with Crippen molar-refractivity contribution >= 4 is 45.3 Å². The van der Waals surface area contributed by atoms with E-state index < -0.39 is 0 Å². The van der Waals surface area contributed by atoms with E-state index in [1.165, 1.54) is 11.5 Å². The summed E-state index contributed by atoms with van der Waals surface area (Å²) in [7, 11) is 0. The number of aryl methyl sites for hydroxylation is 1. The van der Waals surface area contributed by atoms with Gasteiger partial charge in [0.1, 0.15) is 15.8 Å². The molecule has 0 aliphatic rings. The van der Waals surface area contributed by atoms with Gasteiger partial charge in [-0.25, -0.2) is 4.98 Å². The third kappa shape index (κ3) is 3.02. The van der Waals surface area contributed by atoms with Gasteiger partial charge in [-0.15, -0.1) is 11.3 Å². The van der Waals surface area contributed by atoms with Crippen LogP contribution in [0.1, 0.15) is 11.3 Å². The van der Waals surface area contributed by atoms with Gasteiger partial charge in [0.15, 0.2) is 0 Å². The molecule has 0 fully saturated rings. The summed E-state index contributed by atoms with van der Waals surface area (Å²) >= 11 is 9.08. The summed E-state index contributed by atoms with van der Waals surface area (Å²) in [6.07, 6.45) is 0. The number of halogens is 1. The first-order chi connectivity index (χ1) is 10.1. The monoisotopic (exact) mass is 336 g/mol. The maximum atomic E-state index is 6.17. The van der Waals surface area contributed by atoms with Crippen LogP contribution in [-0.2, 0) is 6.54 Å². The van der Waals surface area contributed by atoms with E-state index in [1.54, 1.807) is 11.3 Å². The van der Waals surface area contributed by atoms with E-state index in [-0.39, 0.29) is 0 Å². The molecule has 3 rings (SSSR count). The fraction of sp³-hybridized carbons (Fsp3) is 0.143. The number of hydrogen-bond donors (Lipinski definition) is 2. The Morgan fingerprint density at radius 1 is 1.33 bits per heavy atom. The number of rotatable bonds is 4. The molecule has 21 heavy (non-hydrogen) atoms. The minimum Gasteiger partial charge on any atom is -0.382 e. The zero-order valence-corrected chi connectivity index (χ0v) is 13.6. The van der Waals surface area contributed by atoms with Gasteiger partial charge in [-0.3, -0.25) is 0 Å². The molecule has 2 heterocycles. The summed E-state index contributed by atoms with van der Waals surface area (Å²) < 4.78 is 4.23. The molecule has 0 amide bonds. The fourth-order valence-electron chi connectivity index (χ4n) is 1.92. The van der Waals surface area contributed by atoms with Gasteiger partial charge in [-0.1, -0.05) is 29.8 Å². The van der Waals surface area contributed by atoms with Crippen LogP contribution in [0.5, 0.6) is 0 Å². The van der Waals surface area contributed by atoms with E-state index in [2.05, 4.69) is 14.7 Å². The number of nitrogens with zero attached hydrogens (tertiary/aromatic N) is 2. The van der Waals surface area contributed by atoms with E-state index in [0.29, 0.717) is 12.4 Å². The summed E-state index contributed by atoms with van der Waals surface area (Å²) in [5, 5.41) is 7.91. The van der Waals surface area contributed by atoms with Crippen molar-refractivity contribution in [1.82, 2.24) is 9.36 Å². The lowest BCUT2D eigenvalue weighted by Gasteiger charge is -2.07. The number of thiazole rings is 1. The van der Waals surface area contributed by atoms with Crippen LogP contribution in [0, 0.1) is 6.92 Å². The molecule has 0 unspecified atom stereocenters. The third-order valence-corrected chi connectivity index (χ3v) is 5.11. The van der Waals surface area contributed by atoms with Crippen LogP contribution in [0.25, 0.3) is 10.6 Å². The number of nitrogens with two attached hydrogens (primary N) is 1. The van der Waals surface area contributed by atoms with Crippen molar-refractivity contribution in [2.45, 2.75) is 13.5 Å². The van der Waals surface area contributed by atoms with Gasteiger partial charge in [-0.2, -0.15) is 4.37 Å². The van der Waals surface area contributed by atoms with Gasteiger partial charge < -0.3 is 11.1 Å². The Bertz CT molecular complexity index is 766. The number of nitrogens with one attached hydrogen (secondary N) is 1. The lowest BCUT2D eigenvalue weighted by molar-refractivity contribution is 1.16. The van der Waals surface area contributed by atoms with Crippen LogP contribution in [0.3, 0.4) is 0 Å². The first-order valence-electron chi connectivity index (χ1n) is 6.30. The molecule has 3 N–H and O–H groups in total. The Morgan fingerprint density at radius 3 is 2.86 bits per heavy atom. The molecule has 4 nitrogen and oxygen atoms in total. The number of hydrogen-bond acceptors (Lipinski definition) is 6. The van der Waals surface area contributed by atoms with Gasteiger partial charge in [0, 0.05) is 22.6 Å². The molecule has 0 radical (unpaired) electrons. The average molecular weight is 337 g/mol. The van der Waals surface area contributed by atoms with E-state index in [1.807, 2.05) is 36.6 Å². The summed E-state index contributed by atoms with van der Waals surface area (Å²) in [4.78, 5) is 4.49. The van der Waals surface area contributed by atoms with Crippen molar-refractivity contribution in [3.63, 3.8) is 0 Å². The Balaban J connectivity index is 1.85. The Hall–Kier alpha value is -1.63. The second kappa shape index (κ2) is 6.01. The molecule has 0 bridgehead atoms. The lowest BCUT2D eigenvalue weighted by atomic mass is 10.2. The molecule has 2 aromatic heterocycles. The maximum Gasteiger partial charge on any atom is 0.149 e. The van der Waals surface area contributed by atoms with E-state index in [0.717, 1.165) is 31.9 Å². The predicted molar refractivity (Wildman–Crippen MR) is 91.2 cm³/mol. The van der Waals surface area contributed by atoms with E-state index in [9.17, 15) is 0 Å². The van der Waals surface area contributed by atoms with Gasteiger partial charge in [0.05, 0.1) is 5.56 Å². The molecular formula is C14H13ClN4S2. The van der Waals surface area contributed by atoms with Crippen LogP contribution < -0.4 is 11.1 Å². The Morgan fingerprint density at radius 2 is 2.14 bits per heavy atom. The van der Waals surface area contributed by atoms with Gasteiger partial charge >= 0.3 is 0 Å². The number of benzene rings is 1. The molecule has 3 aromatic rings. The summed E-state index contributed by atoms with van der Waals surface area (Å²) in [5.41, 5.74) is 8.88. The maximum absolute atomic E-state index is 6.17. The molecule has 108 valence electrons. The highest BCUT2D eigenvalue weighted by atomic mass is 35.5. The van der Waals surface area contributed by atoms with Crippen molar-refractivity contribution in [3.05, 3.63) is 45.9 Å². The smallest absolute Gasteiger partial charge is 0.149 e. The van der Waals surface area contributed by atoms with Crippen molar-refractivity contribution in [2.24, 2.45) is 0 Å². The average Bonchev–Trinajstić information content (AvgIpc) is 3.04. The fourth-order valence-corrected chi connectivity index (χ4v) is 3.75. The molecular weight excluding hydrogens is 324 g/mol. The molecule has 0 spiro atoms. The molecule has 0 aliphatic carbocycles. The van der Waals surface area contributed by atoms with Gasteiger partial charge in [0.2, 0.25) is 0 Å². The summed E-state index contributed by atoms with van der Waals surface area (Å²) in [5.74, 6) is 0.510. The summed E-state index contributed by atoms with van der Waals surface area (Å²) in [6.45, 7) is 2.59. The summed E-state index contributed by atoms with van der Waals surface area (Å²) in [6, 6.07) is 7.76. The minimum absolute atomic E-state index is 0.510. The SMILES string of the molecule is Cc1csc(-c2c(N)nsc2NCc2ccccc2Cl)n1. The van der Waals surface area contributed by atoms with Crippen molar-refractivity contribution in [2.75, 3.05) is 11.1 Å². The molecule has 0 aliphatic heterocycles. The molecule has 0 saturated heterocycles. The zero-order valence-electron chi connectivity index (χ0n) is 11.3. The van der Waals surface area contributed by atoms with Crippen LogP contribution in [-0.4, -0.2) is 9.36 Å². The largest absolute Gasteiger partial charge is 0.382 e. The molecule has 0 atom stereocenters. The predicted octanol–water partition coefficient (Wildman–Crippen LogP) is 4.42. The van der Waals surface area contributed by atoms with Crippen molar-refractivity contribution in [3.8, 4) is 10.6 Å². The quantitative estimate of drug-likeness (QED) is 0.740. The van der Waals surface area contributed by atoms with E-state index >= 15 is 0 Å². The molecule has 7 heteroatoms. The minimum atomic E-state index is 0.510. The van der Waals surface area contributed by atoms with Crippen LogP contribution >= 0.6 is 34.5 Å². The highest BCUT2D eigenvalue weighted by molar-refractivity contribution is 7.15. The normalized spacial score (nSPS) is 10.8. The zero-order chi connectivity index (χ0) is 14.8. The highest BCUT2D eigenvalue weighted by Crippen LogP contribution is 2.38. The second-order valence-corrected chi connectivity index (χ2v) is 6.55. The number of nitrogen functional groups attached to an aromatic ring is 1. The molecule has 1 aromatic carbocycles. The molecule has 0 saturated carbocycles. The second-order valence-electron chi connectivity index (χ2n) is 4.51. The first kappa shape index (κ1) is 14.3. The van der Waals surface area contributed by atoms with E-state index in [4.69, 9.17) is 17.3 Å². The van der Waals surface area contributed by atoms with Crippen molar-refractivity contribution < 1.29 is 0 Å². The van der Waals surface area contributed by atoms with Crippen molar-refractivity contribution in [1.29, 1.82) is 0 Å². The topological polar surface area (TPSA) is 63.8 Å². The highest BCUT2D eigenvalue weighted by Gasteiger charge is 2.16. The lowest BCUT2D eigenvalue weighted by Crippen LogP contribution is -2.00. The first-order valence-corrected chi connectivity index (χ1v) is 8.33. The third-order valence-electron chi connectivity index (χ3n) is 2.95. The van der Waals surface area contributed by atoms with Crippen LogP contribution in [0.15, 0.2) is 29.6 Å². The van der Waals surface area contributed by atoms with Gasteiger partial charge in [0.25, 0.3) is 0 Å². The van der Waals surface area contributed by atoms with Gasteiger partial charge in [-0.05, 0) is 30.1 Å². The Labute approximate surface area is 135 Å². The standard InChI is InChI=1S/C14H13ClN4S2/c1-8-7-20-14(18-8)11-12(16)19-21-13(11)17-6-9-4-2-3-5-10(9)15/h2-5,7,17H,6H2,1H3,(H2,16,19).